The predicted octanol–water partition coefficient (Wildman–Crippen LogP) is 2.10. The fraction of sp³-hybridized carbons (Fsp3) is 0.200. The average molecular weight is 361 g/mol. The van der Waals surface area contributed by atoms with Gasteiger partial charge in [0.2, 0.25) is 0 Å². The molecule has 3 aromatic heterocycles. The smallest absolute Gasteiger partial charge is 0.268 e. The topological polar surface area (TPSA) is 102 Å². The monoisotopic (exact) mass is 361 g/mol. The van der Waals surface area contributed by atoms with Crippen LogP contribution in [0.15, 0.2) is 40.1 Å². The van der Waals surface area contributed by atoms with Crippen LogP contribution in [0.2, 0.25) is 0 Å². The van der Waals surface area contributed by atoms with E-state index in [-0.39, 0.29) is 11.1 Å². The van der Waals surface area contributed by atoms with Gasteiger partial charge in [0.25, 0.3) is 11.1 Å². The molecule has 0 fully saturated rings. The van der Waals surface area contributed by atoms with Crippen molar-refractivity contribution in [2.45, 2.75) is 26.3 Å². The highest BCUT2D eigenvalue weighted by Crippen LogP contribution is 2.36. The second-order valence-electron chi connectivity index (χ2n) is 6.60. The maximum absolute atomic E-state index is 12.6. The predicted molar refractivity (Wildman–Crippen MR) is 104 cm³/mol. The molecule has 1 aromatic carbocycles. The van der Waals surface area contributed by atoms with Gasteiger partial charge in [-0.25, -0.2) is 0 Å². The fourth-order valence-electron chi connectivity index (χ4n) is 3.80. The molecule has 0 bridgehead atoms. The van der Waals surface area contributed by atoms with Crippen LogP contribution in [0.5, 0.6) is 0 Å². The summed E-state index contributed by atoms with van der Waals surface area (Å²) in [4.78, 5) is 25.2. The third-order valence-electron chi connectivity index (χ3n) is 4.99. The van der Waals surface area contributed by atoms with Gasteiger partial charge in [0.05, 0.1) is 23.6 Å². The van der Waals surface area contributed by atoms with Crippen LogP contribution < -0.4 is 11.1 Å². The van der Waals surface area contributed by atoms with Crippen molar-refractivity contribution in [2.75, 3.05) is 0 Å². The third kappa shape index (κ3) is 2.54. The zero-order valence-corrected chi connectivity index (χ0v) is 15.0. The van der Waals surface area contributed by atoms with Crippen molar-refractivity contribution in [3.05, 3.63) is 79.2 Å². The Morgan fingerprint density at radius 2 is 1.59 bits per heavy atom. The van der Waals surface area contributed by atoms with Crippen molar-refractivity contribution >= 4 is 10.9 Å². The lowest BCUT2D eigenvalue weighted by Crippen LogP contribution is -2.20. The minimum Gasteiger partial charge on any atom is -0.336 e. The molecule has 3 heterocycles. The summed E-state index contributed by atoms with van der Waals surface area (Å²) in [5, 5.41) is 11.9. The molecule has 0 unspecified atom stereocenters. The highest BCUT2D eigenvalue weighted by molar-refractivity contribution is 5.85. The van der Waals surface area contributed by atoms with Gasteiger partial charge in [0, 0.05) is 28.5 Å². The first-order valence-electron chi connectivity index (χ1n) is 8.58. The van der Waals surface area contributed by atoms with E-state index in [0.29, 0.717) is 29.1 Å². The molecule has 7 nitrogen and oxygen atoms in total. The molecular formula is C20H19N5O2. The van der Waals surface area contributed by atoms with E-state index >= 15 is 0 Å². The van der Waals surface area contributed by atoms with Crippen LogP contribution in [0.3, 0.4) is 0 Å². The molecule has 0 saturated carbocycles. The van der Waals surface area contributed by atoms with E-state index in [1.165, 1.54) is 0 Å². The van der Waals surface area contributed by atoms with Crippen molar-refractivity contribution in [3.8, 4) is 12.3 Å². The SMILES string of the molecule is C#CCn1cc(C(c2c(C)[nH][nH]c2=O)c2c(C)[nH][nH]c2=O)c2ccccc21. The quantitative estimate of drug-likeness (QED) is 0.418. The summed E-state index contributed by atoms with van der Waals surface area (Å²) in [7, 11) is 0. The van der Waals surface area contributed by atoms with Crippen molar-refractivity contribution in [2.24, 2.45) is 0 Å². The van der Waals surface area contributed by atoms with E-state index in [2.05, 4.69) is 26.3 Å². The molecule has 4 rings (SSSR count). The summed E-state index contributed by atoms with van der Waals surface area (Å²) >= 11 is 0. The molecule has 0 spiro atoms. The van der Waals surface area contributed by atoms with E-state index in [9.17, 15) is 9.59 Å². The standard InChI is InChI=1S/C20H19N5O2/c1-4-9-25-10-14(13-7-5-6-8-15(13)25)18(16-11(2)21-23-19(16)26)17-12(3)22-24-20(17)27/h1,5-8,10,18H,9H2,2-3H3,(H2,21,23,26)(H2,22,24,27). The summed E-state index contributed by atoms with van der Waals surface area (Å²) < 4.78 is 1.96. The normalized spacial score (nSPS) is 11.3. The van der Waals surface area contributed by atoms with Crippen LogP contribution in [0.25, 0.3) is 10.9 Å². The number of H-pyrrole nitrogens is 4. The summed E-state index contributed by atoms with van der Waals surface area (Å²) in [6.07, 6.45) is 7.47. The molecule has 0 atom stereocenters. The summed E-state index contributed by atoms with van der Waals surface area (Å²) in [5.74, 6) is 2.13. The Balaban J connectivity index is 2.10. The largest absolute Gasteiger partial charge is 0.336 e. The van der Waals surface area contributed by atoms with E-state index in [1.807, 2.05) is 48.9 Å². The van der Waals surface area contributed by atoms with Gasteiger partial charge in [0.15, 0.2) is 0 Å². The van der Waals surface area contributed by atoms with Crippen LogP contribution in [0.1, 0.15) is 34.0 Å². The van der Waals surface area contributed by atoms with Crippen LogP contribution in [-0.2, 0) is 6.54 Å². The number of nitrogens with zero attached hydrogens (tertiary/aromatic N) is 1. The number of aromatic amines is 4. The van der Waals surface area contributed by atoms with E-state index in [4.69, 9.17) is 6.42 Å². The molecule has 0 aliphatic heterocycles. The lowest BCUT2D eigenvalue weighted by Gasteiger charge is -2.15. The number of hydrogen-bond acceptors (Lipinski definition) is 2. The second kappa shape index (κ2) is 6.25. The Morgan fingerprint density at radius 1 is 1.00 bits per heavy atom. The number of hydrogen-bond donors (Lipinski definition) is 4. The van der Waals surface area contributed by atoms with Gasteiger partial charge in [-0.15, -0.1) is 6.42 Å². The fourth-order valence-corrected chi connectivity index (χ4v) is 3.80. The average Bonchev–Trinajstić information content (AvgIpc) is 3.29. The zero-order valence-electron chi connectivity index (χ0n) is 15.0. The Morgan fingerprint density at radius 3 is 2.11 bits per heavy atom. The summed E-state index contributed by atoms with van der Waals surface area (Å²) in [6.45, 7) is 4.03. The van der Waals surface area contributed by atoms with Gasteiger partial charge < -0.3 is 14.8 Å². The lowest BCUT2D eigenvalue weighted by atomic mass is 9.85. The van der Waals surface area contributed by atoms with Gasteiger partial charge in [-0.3, -0.25) is 19.8 Å². The molecule has 0 aliphatic rings. The number of terminal acetylenes is 1. The Kier molecular flexibility index (Phi) is 3.89. The summed E-state index contributed by atoms with van der Waals surface area (Å²) in [6, 6.07) is 7.84. The number of rotatable bonds is 4. The van der Waals surface area contributed by atoms with Crippen LogP contribution in [0.4, 0.5) is 0 Å². The number of nitrogens with one attached hydrogen (secondary N) is 4. The van der Waals surface area contributed by atoms with Crippen molar-refractivity contribution in [1.82, 2.24) is 25.0 Å². The maximum atomic E-state index is 12.6. The molecular weight excluding hydrogens is 342 g/mol. The number of para-hydroxylation sites is 1. The molecule has 0 amide bonds. The molecule has 0 aliphatic carbocycles. The molecule has 7 heteroatoms. The van der Waals surface area contributed by atoms with E-state index < -0.39 is 5.92 Å². The minimum atomic E-state index is -0.529. The van der Waals surface area contributed by atoms with E-state index in [1.54, 1.807) is 0 Å². The summed E-state index contributed by atoms with van der Waals surface area (Å²) in [5.41, 5.74) is 3.76. The molecule has 0 saturated heterocycles. The van der Waals surface area contributed by atoms with Gasteiger partial charge in [-0.05, 0) is 25.5 Å². The van der Waals surface area contributed by atoms with Crippen molar-refractivity contribution < 1.29 is 0 Å². The van der Waals surface area contributed by atoms with Crippen LogP contribution >= 0.6 is 0 Å². The van der Waals surface area contributed by atoms with Crippen molar-refractivity contribution in [1.29, 1.82) is 0 Å². The molecule has 0 radical (unpaired) electrons. The first-order valence-corrected chi connectivity index (χ1v) is 8.58. The molecule has 136 valence electrons. The van der Waals surface area contributed by atoms with Gasteiger partial charge in [-0.2, -0.15) is 0 Å². The Bertz CT molecular complexity index is 1230. The third-order valence-corrected chi connectivity index (χ3v) is 4.99. The zero-order chi connectivity index (χ0) is 19.1. The van der Waals surface area contributed by atoms with Crippen LogP contribution in [-0.4, -0.2) is 25.0 Å². The minimum absolute atomic E-state index is 0.244. The number of fused-ring (bicyclic) bond motifs is 1. The maximum Gasteiger partial charge on any atom is 0.268 e. The molecule has 27 heavy (non-hydrogen) atoms. The van der Waals surface area contributed by atoms with Gasteiger partial charge in [-0.1, -0.05) is 24.1 Å². The number of aromatic nitrogens is 5. The van der Waals surface area contributed by atoms with Gasteiger partial charge in [0.1, 0.15) is 0 Å². The Hall–Kier alpha value is -3.66. The van der Waals surface area contributed by atoms with E-state index in [0.717, 1.165) is 16.5 Å². The molecule has 4 aromatic rings. The molecule has 4 N–H and O–H groups in total. The number of aryl methyl sites for hydroxylation is 2. The lowest BCUT2D eigenvalue weighted by molar-refractivity contribution is 0.862. The van der Waals surface area contributed by atoms with Crippen LogP contribution in [0, 0.1) is 26.2 Å². The highest BCUT2D eigenvalue weighted by atomic mass is 16.1. The first-order chi connectivity index (χ1) is 13.0. The number of benzene rings is 1. The van der Waals surface area contributed by atoms with Gasteiger partial charge >= 0.3 is 0 Å². The first kappa shape index (κ1) is 16.8. The highest BCUT2D eigenvalue weighted by Gasteiger charge is 2.30. The van der Waals surface area contributed by atoms with Crippen molar-refractivity contribution in [3.63, 3.8) is 0 Å². The second-order valence-corrected chi connectivity index (χ2v) is 6.60. The Labute approximate surface area is 154 Å².